The second-order valence-corrected chi connectivity index (χ2v) is 5.95. The Bertz CT molecular complexity index is 680. The number of carbonyl (C=O) groups excluding carboxylic acids is 1. The molecule has 1 N–H and O–H groups in total. The molecule has 3 nitrogen and oxygen atoms in total. The highest BCUT2D eigenvalue weighted by Crippen LogP contribution is 2.42. The molecule has 116 valence electrons. The molecule has 0 aromatic heterocycles. The first-order valence-electron chi connectivity index (χ1n) is 8.05. The standard InChI is InChI=1S/C19H23NO2/c1-3-18(21)20-12-14-9-11-17(22-2)16-10-8-13-6-4-5-7-15(13)19(14)16/h4-8,10,14,17H,3,9,11-12H2,1-2H3,(H,20,21). The van der Waals surface area contributed by atoms with E-state index in [1.165, 1.54) is 21.9 Å². The zero-order valence-corrected chi connectivity index (χ0v) is 13.3. The fourth-order valence-corrected chi connectivity index (χ4v) is 3.51. The predicted molar refractivity (Wildman–Crippen MR) is 89.0 cm³/mol. The lowest BCUT2D eigenvalue weighted by atomic mass is 9.78. The van der Waals surface area contributed by atoms with Crippen LogP contribution in [0.3, 0.4) is 0 Å². The molecule has 2 unspecified atom stereocenters. The predicted octanol–water partition coefficient (Wildman–Crippen LogP) is 3.93. The number of methoxy groups -OCH3 is 1. The molecule has 0 saturated heterocycles. The Hall–Kier alpha value is -1.87. The summed E-state index contributed by atoms with van der Waals surface area (Å²) >= 11 is 0. The van der Waals surface area contributed by atoms with Crippen molar-refractivity contribution in [3.05, 3.63) is 47.5 Å². The molecule has 1 aliphatic carbocycles. The maximum Gasteiger partial charge on any atom is 0.219 e. The molecule has 1 amide bonds. The van der Waals surface area contributed by atoms with Gasteiger partial charge < -0.3 is 10.1 Å². The fourth-order valence-electron chi connectivity index (χ4n) is 3.51. The molecule has 0 spiro atoms. The second kappa shape index (κ2) is 6.49. The van der Waals surface area contributed by atoms with E-state index in [-0.39, 0.29) is 12.0 Å². The molecule has 1 aliphatic rings. The quantitative estimate of drug-likeness (QED) is 0.928. The molecule has 0 heterocycles. The van der Waals surface area contributed by atoms with Crippen LogP contribution in [0.4, 0.5) is 0 Å². The highest BCUT2D eigenvalue weighted by molar-refractivity contribution is 5.87. The maximum atomic E-state index is 11.6. The van der Waals surface area contributed by atoms with Crippen LogP contribution in [-0.2, 0) is 9.53 Å². The van der Waals surface area contributed by atoms with Crippen molar-refractivity contribution in [2.75, 3.05) is 13.7 Å². The Morgan fingerprint density at radius 3 is 2.82 bits per heavy atom. The van der Waals surface area contributed by atoms with Gasteiger partial charge in [-0.15, -0.1) is 0 Å². The Kier molecular flexibility index (Phi) is 4.44. The molecular weight excluding hydrogens is 274 g/mol. The average Bonchev–Trinajstić information content (AvgIpc) is 2.58. The number of hydrogen-bond donors (Lipinski definition) is 1. The Morgan fingerprint density at radius 2 is 2.05 bits per heavy atom. The van der Waals surface area contributed by atoms with Crippen LogP contribution in [0.25, 0.3) is 10.8 Å². The van der Waals surface area contributed by atoms with Crippen molar-refractivity contribution in [2.45, 2.75) is 38.2 Å². The number of nitrogens with one attached hydrogen (secondary N) is 1. The van der Waals surface area contributed by atoms with Crippen LogP contribution in [0.15, 0.2) is 36.4 Å². The van der Waals surface area contributed by atoms with Gasteiger partial charge in [-0.05, 0) is 34.7 Å². The Morgan fingerprint density at radius 1 is 1.23 bits per heavy atom. The maximum absolute atomic E-state index is 11.6. The van der Waals surface area contributed by atoms with E-state index in [9.17, 15) is 4.79 Å². The van der Waals surface area contributed by atoms with E-state index >= 15 is 0 Å². The first kappa shape index (κ1) is 15.0. The SMILES string of the molecule is CCC(=O)NCC1CCC(OC)c2ccc3ccccc3c21. The number of rotatable bonds is 4. The summed E-state index contributed by atoms with van der Waals surface area (Å²) in [6, 6.07) is 12.8. The summed E-state index contributed by atoms with van der Waals surface area (Å²) in [6.07, 6.45) is 2.76. The molecule has 0 bridgehead atoms. The molecule has 2 aromatic rings. The molecule has 0 fully saturated rings. The van der Waals surface area contributed by atoms with E-state index in [0.29, 0.717) is 18.9 Å². The summed E-state index contributed by atoms with van der Waals surface area (Å²) in [6.45, 7) is 2.60. The third-order valence-corrected chi connectivity index (χ3v) is 4.69. The molecule has 2 aromatic carbocycles. The van der Waals surface area contributed by atoms with Gasteiger partial charge in [0.1, 0.15) is 0 Å². The second-order valence-electron chi connectivity index (χ2n) is 5.95. The zero-order chi connectivity index (χ0) is 15.5. The van der Waals surface area contributed by atoms with E-state index in [0.717, 1.165) is 12.8 Å². The van der Waals surface area contributed by atoms with Crippen molar-refractivity contribution in [1.29, 1.82) is 0 Å². The molecule has 0 saturated carbocycles. The lowest BCUT2D eigenvalue weighted by Gasteiger charge is -2.32. The third kappa shape index (κ3) is 2.73. The van der Waals surface area contributed by atoms with Gasteiger partial charge in [-0.3, -0.25) is 4.79 Å². The average molecular weight is 297 g/mol. The summed E-state index contributed by atoms with van der Waals surface area (Å²) in [5.74, 6) is 0.485. The minimum atomic E-state index is 0.121. The van der Waals surface area contributed by atoms with E-state index in [4.69, 9.17) is 4.74 Å². The van der Waals surface area contributed by atoms with Gasteiger partial charge in [0.05, 0.1) is 6.10 Å². The molecule has 3 rings (SSSR count). The first-order chi connectivity index (χ1) is 10.7. The largest absolute Gasteiger partial charge is 0.377 e. The third-order valence-electron chi connectivity index (χ3n) is 4.69. The van der Waals surface area contributed by atoms with Gasteiger partial charge in [-0.1, -0.05) is 43.3 Å². The van der Waals surface area contributed by atoms with Crippen molar-refractivity contribution in [3.8, 4) is 0 Å². The molecular formula is C19H23NO2. The van der Waals surface area contributed by atoms with Gasteiger partial charge >= 0.3 is 0 Å². The van der Waals surface area contributed by atoms with Crippen molar-refractivity contribution in [2.24, 2.45) is 0 Å². The van der Waals surface area contributed by atoms with Crippen molar-refractivity contribution >= 4 is 16.7 Å². The molecule has 0 aliphatic heterocycles. The fraction of sp³-hybridized carbons (Fsp3) is 0.421. The van der Waals surface area contributed by atoms with Crippen molar-refractivity contribution in [3.63, 3.8) is 0 Å². The van der Waals surface area contributed by atoms with Crippen LogP contribution < -0.4 is 5.32 Å². The van der Waals surface area contributed by atoms with Crippen LogP contribution >= 0.6 is 0 Å². The van der Waals surface area contributed by atoms with Gasteiger partial charge in [0, 0.05) is 26.0 Å². The van der Waals surface area contributed by atoms with E-state index < -0.39 is 0 Å². The molecule has 22 heavy (non-hydrogen) atoms. The molecule has 0 radical (unpaired) electrons. The van der Waals surface area contributed by atoms with Gasteiger partial charge in [0.25, 0.3) is 0 Å². The van der Waals surface area contributed by atoms with Crippen LogP contribution in [0.2, 0.25) is 0 Å². The topological polar surface area (TPSA) is 38.3 Å². The highest BCUT2D eigenvalue weighted by atomic mass is 16.5. The summed E-state index contributed by atoms with van der Waals surface area (Å²) in [5, 5.41) is 5.60. The van der Waals surface area contributed by atoms with Crippen molar-refractivity contribution < 1.29 is 9.53 Å². The van der Waals surface area contributed by atoms with Crippen LogP contribution in [0.5, 0.6) is 0 Å². The number of carbonyl (C=O) groups is 1. The number of ether oxygens (including phenoxy) is 1. The number of fused-ring (bicyclic) bond motifs is 3. The minimum Gasteiger partial charge on any atom is -0.377 e. The normalized spacial score (nSPS) is 20.6. The summed E-state index contributed by atoms with van der Waals surface area (Å²) in [5.41, 5.74) is 2.64. The zero-order valence-electron chi connectivity index (χ0n) is 13.3. The van der Waals surface area contributed by atoms with Gasteiger partial charge in [-0.2, -0.15) is 0 Å². The molecule has 3 heteroatoms. The van der Waals surface area contributed by atoms with Crippen LogP contribution in [0.1, 0.15) is 49.3 Å². The van der Waals surface area contributed by atoms with Crippen LogP contribution in [-0.4, -0.2) is 19.6 Å². The van der Waals surface area contributed by atoms with Crippen LogP contribution in [0, 0.1) is 0 Å². The minimum absolute atomic E-state index is 0.121. The lowest BCUT2D eigenvalue weighted by Crippen LogP contribution is -2.30. The monoisotopic (exact) mass is 297 g/mol. The smallest absolute Gasteiger partial charge is 0.219 e. The van der Waals surface area contributed by atoms with Gasteiger partial charge in [0.2, 0.25) is 5.91 Å². The Balaban J connectivity index is 2.03. The van der Waals surface area contributed by atoms with Crippen molar-refractivity contribution in [1.82, 2.24) is 5.32 Å². The molecule has 2 atom stereocenters. The first-order valence-corrected chi connectivity index (χ1v) is 8.05. The van der Waals surface area contributed by atoms with Gasteiger partial charge in [0.15, 0.2) is 0 Å². The van der Waals surface area contributed by atoms with E-state index in [1.807, 2.05) is 6.92 Å². The number of hydrogen-bond acceptors (Lipinski definition) is 2. The lowest BCUT2D eigenvalue weighted by molar-refractivity contribution is -0.120. The van der Waals surface area contributed by atoms with E-state index in [2.05, 4.69) is 41.7 Å². The summed E-state index contributed by atoms with van der Waals surface area (Å²) in [4.78, 5) is 11.6. The number of amides is 1. The summed E-state index contributed by atoms with van der Waals surface area (Å²) in [7, 11) is 1.78. The van der Waals surface area contributed by atoms with E-state index in [1.54, 1.807) is 7.11 Å². The summed E-state index contributed by atoms with van der Waals surface area (Å²) < 4.78 is 5.67. The Labute approximate surface area is 131 Å². The number of benzene rings is 2. The highest BCUT2D eigenvalue weighted by Gasteiger charge is 2.28. The van der Waals surface area contributed by atoms with Gasteiger partial charge in [-0.25, -0.2) is 0 Å².